The minimum absolute atomic E-state index is 0.0765. The summed E-state index contributed by atoms with van der Waals surface area (Å²) >= 11 is 0. The van der Waals surface area contributed by atoms with E-state index in [1.54, 1.807) is 4.90 Å². The van der Waals surface area contributed by atoms with Gasteiger partial charge >= 0.3 is 6.09 Å². The zero-order valence-corrected chi connectivity index (χ0v) is 9.80. The van der Waals surface area contributed by atoms with Crippen molar-refractivity contribution in [3.05, 3.63) is 24.3 Å². The van der Waals surface area contributed by atoms with Gasteiger partial charge in [-0.1, -0.05) is 24.3 Å². The summed E-state index contributed by atoms with van der Waals surface area (Å²) < 4.78 is 4.71. The lowest BCUT2D eigenvalue weighted by Crippen LogP contribution is -2.46. The number of piperidine rings is 1. The lowest BCUT2D eigenvalue weighted by molar-refractivity contribution is 0.0496. The van der Waals surface area contributed by atoms with Crippen molar-refractivity contribution in [3.63, 3.8) is 0 Å². The van der Waals surface area contributed by atoms with Gasteiger partial charge in [0.05, 0.1) is 19.3 Å². The van der Waals surface area contributed by atoms with Gasteiger partial charge in [0.1, 0.15) is 0 Å². The van der Waals surface area contributed by atoms with Crippen LogP contribution in [0, 0.1) is 0 Å². The molecule has 0 aromatic heterocycles. The fraction of sp³-hybridized carbons (Fsp3) is 0.583. The van der Waals surface area contributed by atoms with Crippen LogP contribution in [0.15, 0.2) is 24.3 Å². The van der Waals surface area contributed by atoms with Gasteiger partial charge in [-0.15, -0.1) is 0 Å². The Morgan fingerprint density at radius 2 is 2.25 bits per heavy atom. The maximum Gasteiger partial charge on any atom is 0.409 e. The van der Waals surface area contributed by atoms with Gasteiger partial charge in [-0.3, -0.25) is 0 Å². The van der Waals surface area contributed by atoms with Gasteiger partial charge in [-0.2, -0.15) is 0 Å². The average Bonchev–Trinajstić information content (AvgIpc) is 2.29. The number of aliphatic hydroxyl groups excluding tert-OH is 1. The van der Waals surface area contributed by atoms with E-state index in [4.69, 9.17) is 4.74 Å². The summed E-state index contributed by atoms with van der Waals surface area (Å²) in [5.41, 5.74) is 0. The molecule has 0 unspecified atom stereocenters. The summed E-state index contributed by atoms with van der Waals surface area (Å²) in [4.78, 5) is 13.1. The molecular formula is C12H19NO3. The third-order valence-corrected chi connectivity index (χ3v) is 2.66. The number of nitrogens with zero attached hydrogens (tertiary/aromatic N) is 1. The standard InChI is InChI=1S/C12H19NO3/c1-3-4-5-6-10-9-11(14)7-8-13(10)12(15)16-2/h3-6,10-11,14H,7-9H2,1-2H3/b4-3+,6-5+/t10-,11-/m1/s1. The molecule has 0 aromatic carbocycles. The van der Waals surface area contributed by atoms with E-state index in [0.29, 0.717) is 19.4 Å². The fourth-order valence-electron chi connectivity index (χ4n) is 1.81. The molecule has 4 heteroatoms. The number of allylic oxidation sites excluding steroid dienone is 3. The van der Waals surface area contributed by atoms with Crippen LogP contribution in [0.5, 0.6) is 0 Å². The Balaban J connectivity index is 2.68. The number of carbonyl (C=O) groups excluding carboxylic acids is 1. The van der Waals surface area contributed by atoms with Crippen molar-refractivity contribution in [1.82, 2.24) is 4.90 Å². The molecule has 1 rings (SSSR count). The second-order valence-electron chi connectivity index (χ2n) is 3.82. The monoisotopic (exact) mass is 225 g/mol. The fourth-order valence-corrected chi connectivity index (χ4v) is 1.81. The summed E-state index contributed by atoms with van der Waals surface area (Å²) in [6.45, 7) is 2.47. The van der Waals surface area contributed by atoms with Crippen molar-refractivity contribution < 1.29 is 14.6 Å². The van der Waals surface area contributed by atoms with E-state index in [1.165, 1.54) is 7.11 Å². The molecule has 0 bridgehead atoms. The highest BCUT2D eigenvalue weighted by Crippen LogP contribution is 2.19. The predicted molar refractivity (Wildman–Crippen MR) is 62.1 cm³/mol. The van der Waals surface area contributed by atoms with Crippen LogP contribution >= 0.6 is 0 Å². The van der Waals surface area contributed by atoms with Crippen molar-refractivity contribution in [3.8, 4) is 0 Å². The van der Waals surface area contributed by atoms with Gasteiger partial charge in [0.15, 0.2) is 0 Å². The lowest BCUT2D eigenvalue weighted by atomic mass is 9.99. The number of hydrogen-bond donors (Lipinski definition) is 1. The first-order valence-corrected chi connectivity index (χ1v) is 5.51. The van der Waals surface area contributed by atoms with E-state index < -0.39 is 0 Å². The molecule has 0 aromatic rings. The molecule has 2 atom stereocenters. The third kappa shape index (κ3) is 3.38. The molecule has 1 N–H and O–H groups in total. The van der Waals surface area contributed by atoms with Gasteiger partial charge < -0.3 is 14.7 Å². The highest BCUT2D eigenvalue weighted by molar-refractivity contribution is 5.68. The normalized spacial score (nSPS) is 26.6. The Hall–Kier alpha value is -1.29. The van der Waals surface area contributed by atoms with Crippen molar-refractivity contribution >= 4 is 6.09 Å². The second kappa shape index (κ2) is 6.33. The van der Waals surface area contributed by atoms with E-state index in [0.717, 1.165) is 0 Å². The first kappa shape index (κ1) is 12.8. The molecule has 1 aliphatic rings. The van der Waals surface area contributed by atoms with Crippen LogP contribution < -0.4 is 0 Å². The molecule has 1 aliphatic heterocycles. The summed E-state index contributed by atoms with van der Waals surface area (Å²) in [6, 6.07) is -0.0765. The summed E-state index contributed by atoms with van der Waals surface area (Å²) in [5.74, 6) is 0. The number of aliphatic hydroxyl groups is 1. The number of rotatable bonds is 2. The molecule has 16 heavy (non-hydrogen) atoms. The highest BCUT2D eigenvalue weighted by Gasteiger charge is 2.29. The maximum absolute atomic E-state index is 11.5. The molecular weight excluding hydrogens is 206 g/mol. The lowest BCUT2D eigenvalue weighted by Gasteiger charge is -2.35. The van der Waals surface area contributed by atoms with Gasteiger partial charge in [0, 0.05) is 6.54 Å². The van der Waals surface area contributed by atoms with Crippen LogP contribution in [0.25, 0.3) is 0 Å². The Kier molecular flexibility index (Phi) is 5.05. The molecule has 1 fully saturated rings. The molecule has 0 radical (unpaired) electrons. The Bertz CT molecular complexity index is 286. The quantitative estimate of drug-likeness (QED) is 0.728. The molecule has 0 aliphatic carbocycles. The molecule has 90 valence electrons. The van der Waals surface area contributed by atoms with E-state index in [-0.39, 0.29) is 18.2 Å². The van der Waals surface area contributed by atoms with Crippen molar-refractivity contribution in [2.75, 3.05) is 13.7 Å². The molecule has 1 heterocycles. The zero-order valence-electron chi connectivity index (χ0n) is 9.80. The van der Waals surface area contributed by atoms with Gasteiger partial charge in [-0.25, -0.2) is 4.79 Å². The van der Waals surface area contributed by atoms with E-state index in [2.05, 4.69) is 0 Å². The number of hydrogen-bond acceptors (Lipinski definition) is 3. The van der Waals surface area contributed by atoms with Crippen molar-refractivity contribution in [2.45, 2.75) is 31.9 Å². The number of ether oxygens (including phenoxy) is 1. The van der Waals surface area contributed by atoms with Crippen LogP contribution in [-0.2, 0) is 4.74 Å². The molecule has 4 nitrogen and oxygen atoms in total. The average molecular weight is 225 g/mol. The van der Waals surface area contributed by atoms with E-state index in [9.17, 15) is 9.90 Å². The summed E-state index contributed by atoms with van der Waals surface area (Å²) in [5, 5.41) is 9.58. The SMILES string of the molecule is C/C=C/C=C/[C@@H]1C[C@H](O)CCN1C(=O)OC. The molecule has 0 spiro atoms. The van der Waals surface area contributed by atoms with E-state index in [1.807, 2.05) is 31.2 Å². The topological polar surface area (TPSA) is 49.8 Å². The Labute approximate surface area is 96.2 Å². The zero-order chi connectivity index (χ0) is 12.0. The van der Waals surface area contributed by atoms with Crippen LogP contribution in [0.3, 0.4) is 0 Å². The van der Waals surface area contributed by atoms with Crippen LogP contribution in [0.4, 0.5) is 4.79 Å². The number of carbonyl (C=O) groups is 1. The molecule has 1 amide bonds. The van der Waals surface area contributed by atoms with Gasteiger partial charge in [-0.05, 0) is 19.8 Å². The summed E-state index contributed by atoms with van der Waals surface area (Å²) in [7, 11) is 1.38. The van der Waals surface area contributed by atoms with Crippen LogP contribution in [0.1, 0.15) is 19.8 Å². The predicted octanol–water partition coefficient (Wildman–Crippen LogP) is 1.71. The Morgan fingerprint density at radius 1 is 1.50 bits per heavy atom. The van der Waals surface area contributed by atoms with Crippen LogP contribution in [0.2, 0.25) is 0 Å². The van der Waals surface area contributed by atoms with Crippen molar-refractivity contribution in [1.29, 1.82) is 0 Å². The first-order valence-electron chi connectivity index (χ1n) is 5.51. The largest absolute Gasteiger partial charge is 0.453 e. The first-order chi connectivity index (χ1) is 7.69. The minimum atomic E-state index is -0.332. The molecule has 0 saturated carbocycles. The number of amides is 1. The van der Waals surface area contributed by atoms with Gasteiger partial charge in [0.2, 0.25) is 0 Å². The number of likely N-dealkylation sites (tertiary alicyclic amines) is 1. The van der Waals surface area contributed by atoms with Crippen molar-refractivity contribution in [2.24, 2.45) is 0 Å². The maximum atomic E-state index is 11.5. The third-order valence-electron chi connectivity index (χ3n) is 2.66. The molecule has 1 saturated heterocycles. The smallest absolute Gasteiger partial charge is 0.409 e. The number of methoxy groups -OCH3 is 1. The second-order valence-corrected chi connectivity index (χ2v) is 3.82. The van der Waals surface area contributed by atoms with Crippen LogP contribution in [-0.4, -0.2) is 41.9 Å². The van der Waals surface area contributed by atoms with E-state index >= 15 is 0 Å². The summed E-state index contributed by atoms with van der Waals surface area (Å²) in [6.07, 6.45) is 8.14. The Morgan fingerprint density at radius 3 is 2.88 bits per heavy atom. The minimum Gasteiger partial charge on any atom is -0.453 e. The van der Waals surface area contributed by atoms with Gasteiger partial charge in [0.25, 0.3) is 0 Å². The highest BCUT2D eigenvalue weighted by atomic mass is 16.5.